The van der Waals surface area contributed by atoms with Crippen LogP contribution in [0.4, 0.5) is 17.1 Å². The van der Waals surface area contributed by atoms with Crippen LogP contribution in [0.15, 0.2) is 42.5 Å². The second-order valence-electron chi connectivity index (χ2n) is 8.58. The molecular weight excluding hydrogens is 436 g/mol. The Balaban J connectivity index is 1.53. The van der Waals surface area contributed by atoms with Crippen molar-refractivity contribution < 1.29 is 19.3 Å². The minimum atomic E-state index is -1.26. The maximum Gasteiger partial charge on any atom is 0.289 e. The van der Waals surface area contributed by atoms with Crippen molar-refractivity contribution in [2.24, 2.45) is 11.8 Å². The number of halogens is 1. The van der Waals surface area contributed by atoms with Gasteiger partial charge in [0.2, 0.25) is 17.7 Å². The van der Waals surface area contributed by atoms with Crippen LogP contribution >= 0.6 is 11.6 Å². The second kappa shape index (κ2) is 6.36. The lowest BCUT2D eigenvalue weighted by molar-refractivity contribution is -0.384. The number of anilines is 2. The molecule has 0 aliphatic carbocycles. The summed E-state index contributed by atoms with van der Waals surface area (Å²) in [5, 5.41) is 14.2. The number of nitro benzene ring substituents is 1. The van der Waals surface area contributed by atoms with E-state index in [-0.39, 0.29) is 28.3 Å². The Morgan fingerprint density at radius 1 is 1.12 bits per heavy atom. The summed E-state index contributed by atoms with van der Waals surface area (Å²) >= 11 is 5.92. The van der Waals surface area contributed by atoms with E-state index in [9.17, 15) is 24.5 Å². The van der Waals surface area contributed by atoms with Gasteiger partial charge < -0.3 is 5.32 Å². The monoisotopic (exact) mass is 452 g/mol. The molecule has 0 bridgehead atoms. The van der Waals surface area contributed by atoms with Gasteiger partial charge in [-0.15, -0.1) is 0 Å². The lowest BCUT2D eigenvalue weighted by Crippen LogP contribution is -2.54. The van der Waals surface area contributed by atoms with Gasteiger partial charge in [0.25, 0.3) is 5.69 Å². The van der Waals surface area contributed by atoms with Gasteiger partial charge in [-0.2, -0.15) is 0 Å². The van der Waals surface area contributed by atoms with Crippen molar-refractivity contribution in [3.8, 4) is 0 Å². The fourth-order valence-corrected chi connectivity index (χ4v) is 6.38. The van der Waals surface area contributed by atoms with Gasteiger partial charge in [-0.3, -0.25) is 29.4 Å². The minimum absolute atomic E-state index is 0.0828. The van der Waals surface area contributed by atoms with E-state index in [4.69, 9.17) is 11.6 Å². The number of benzene rings is 2. The van der Waals surface area contributed by atoms with Crippen LogP contribution in [-0.2, 0) is 19.9 Å². The lowest BCUT2D eigenvalue weighted by Gasteiger charge is -2.36. The Morgan fingerprint density at radius 3 is 2.69 bits per heavy atom. The molecule has 1 N–H and O–H groups in total. The predicted octanol–water partition coefficient (Wildman–Crippen LogP) is 2.68. The number of imide groups is 1. The van der Waals surface area contributed by atoms with Crippen LogP contribution in [0.5, 0.6) is 0 Å². The van der Waals surface area contributed by atoms with Gasteiger partial charge in [-0.25, -0.2) is 4.90 Å². The van der Waals surface area contributed by atoms with E-state index in [1.807, 2.05) is 23.1 Å². The molecule has 32 heavy (non-hydrogen) atoms. The van der Waals surface area contributed by atoms with Crippen LogP contribution in [-0.4, -0.2) is 40.1 Å². The highest BCUT2D eigenvalue weighted by Crippen LogP contribution is 2.60. The Bertz CT molecular complexity index is 1250. The highest BCUT2D eigenvalue weighted by molar-refractivity contribution is 6.33. The molecule has 162 valence electrons. The molecule has 3 saturated heterocycles. The quantitative estimate of drug-likeness (QED) is 0.426. The third-order valence-electron chi connectivity index (χ3n) is 7.28. The van der Waals surface area contributed by atoms with Crippen LogP contribution in [0.1, 0.15) is 18.4 Å². The van der Waals surface area contributed by atoms with Crippen molar-refractivity contribution in [2.45, 2.75) is 24.4 Å². The van der Waals surface area contributed by atoms with Gasteiger partial charge in [-0.05, 0) is 37.6 Å². The summed E-state index contributed by atoms with van der Waals surface area (Å²) in [6.07, 6.45) is 1.52. The van der Waals surface area contributed by atoms with Crippen molar-refractivity contribution in [3.05, 3.63) is 63.2 Å². The number of para-hydroxylation sites is 1. The summed E-state index contributed by atoms with van der Waals surface area (Å²) < 4.78 is 0. The average Bonchev–Trinajstić information content (AvgIpc) is 3.47. The van der Waals surface area contributed by atoms with Gasteiger partial charge in [0.15, 0.2) is 0 Å². The number of carbonyl (C=O) groups is 3. The summed E-state index contributed by atoms with van der Waals surface area (Å²) in [4.78, 5) is 54.6. The van der Waals surface area contributed by atoms with E-state index in [1.54, 1.807) is 6.07 Å². The van der Waals surface area contributed by atoms with Crippen LogP contribution in [0.2, 0.25) is 5.02 Å². The molecule has 2 aromatic carbocycles. The number of nitrogens with one attached hydrogen (secondary N) is 1. The summed E-state index contributed by atoms with van der Waals surface area (Å²) in [7, 11) is 0. The molecule has 0 saturated carbocycles. The molecule has 4 atom stereocenters. The Labute approximate surface area is 187 Å². The number of rotatable bonds is 2. The summed E-state index contributed by atoms with van der Waals surface area (Å²) in [6, 6.07) is 10.9. The summed E-state index contributed by atoms with van der Waals surface area (Å²) in [5.74, 6) is -2.85. The molecule has 2 aromatic rings. The van der Waals surface area contributed by atoms with E-state index in [2.05, 4.69) is 5.32 Å². The highest BCUT2D eigenvalue weighted by atomic mass is 35.5. The van der Waals surface area contributed by atoms with Crippen molar-refractivity contribution in [2.75, 3.05) is 16.8 Å². The van der Waals surface area contributed by atoms with E-state index in [1.165, 1.54) is 12.1 Å². The van der Waals surface area contributed by atoms with E-state index < -0.39 is 34.1 Å². The predicted molar refractivity (Wildman–Crippen MR) is 114 cm³/mol. The SMILES string of the molecule is O=C1[C@@H]2[C@H]3CCCN3[C@@]3(C(=O)Nc4ccccc43)[C@H]2C(=O)N1c1ccc(Cl)c([N+](=O)[O-])c1. The standard InChI is InChI=1S/C22H17ClN4O5/c23-13-8-7-11(10-16(13)27(31)32)26-19(28)17-15-6-3-9-25(15)22(18(17)20(26)29)12-4-1-2-5-14(12)24-21(22)30/h1-2,4-5,7-8,10,15,17-18H,3,6,9H2,(H,24,30)/t15-,17-,18-,22-/m1/s1. The maximum absolute atomic E-state index is 13.8. The van der Waals surface area contributed by atoms with Gasteiger partial charge in [0, 0.05) is 23.4 Å². The molecule has 3 amide bonds. The molecule has 4 heterocycles. The normalized spacial score (nSPS) is 30.6. The minimum Gasteiger partial charge on any atom is -0.324 e. The zero-order chi connectivity index (χ0) is 22.4. The molecule has 10 heteroatoms. The van der Waals surface area contributed by atoms with E-state index in [0.29, 0.717) is 24.2 Å². The van der Waals surface area contributed by atoms with Crippen molar-refractivity contribution >= 4 is 46.4 Å². The van der Waals surface area contributed by atoms with Crippen molar-refractivity contribution in [1.29, 1.82) is 0 Å². The highest BCUT2D eigenvalue weighted by Gasteiger charge is 2.74. The molecule has 0 radical (unpaired) electrons. The number of amides is 3. The number of hydrogen-bond acceptors (Lipinski definition) is 6. The second-order valence-corrected chi connectivity index (χ2v) is 8.98. The molecule has 1 spiro atoms. The van der Waals surface area contributed by atoms with Crippen LogP contribution in [0.3, 0.4) is 0 Å². The Kier molecular flexibility index (Phi) is 3.86. The number of nitro groups is 1. The topological polar surface area (TPSA) is 113 Å². The largest absolute Gasteiger partial charge is 0.324 e. The van der Waals surface area contributed by atoms with Crippen molar-refractivity contribution in [3.63, 3.8) is 0 Å². The Hall–Kier alpha value is -3.30. The molecule has 4 aliphatic rings. The first-order valence-electron chi connectivity index (χ1n) is 10.4. The third-order valence-corrected chi connectivity index (χ3v) is 7.60. The smallest absolute Gasteiger partial charge is 0.289 e. The zero-order valence-corrected chi connectivity index (χ0v) is 17.4. The number of hydrogen-bond donors (Lipinski definition) is 1. The fraction of sp³-hybridized carbons (Fsp3) is 0.318. The van der Waals surface area contributed by atoms with Gasteiger partial charge in [0.05, 0.1) is 22.4 Å². The third kappa shape index (κ3) is 2.14. The molecule has 3 fully saturated rings. The van der Waals surface area contributed by atoms with Gasteiger partial charge >= 0.3 is 0 Å². The van der Waals surface area contributed by atoms with Crippen molar-refractivity contribution in [1.82, 2.24) is 4.90 Å². The molecular formula is C22H17ClN4O5. The molecule has 0 aromatic heterocycles. The van der Waals surface area contributed by atoms with E-state index >= 15 is 0 Å². The lowest BCUT2D eigenvalue weighted by atomic mass is 9.75. The zero-order valence-electron chi connectivity index (χ0n) is 16.7. The van der Waals surface area contributed by atoms with Crippen LogP contribution in [0.25, 0.3) is 0 Å². The maximum atomic E-state index is 13.8. The van der Waals surface area contributed by atoms with Gasteiger partial charge in [-0.1, -0.05) is 29.8 Å². The molecule has 0 unspecified atom stereocenters. The first-order chi connectivity index (χ1) is 15.4. The number of carbonyl (C=O) groups excluding carboxylic acids is 3. The average molecular weight is 453 g/mol. The Morgan fingerprint density at radius 2 is 1.91 bits per heavy atom. The summed E-state index contributed by atoms with van der Waals surface area (Å²) in [6.45, 7) is 0.617. The van der Waals surface area contributed by atoms with E-state index in [0.717, 1.165) is 17.4 Å². The van der Waals surface area contributed by atoms with Crippen LogP contribution < -0.4 is 10.2 Å². The summed E-state index contributed by atoms with van der Waals surface area (Å²) in [5.41, 5.74) is -0.207. The molecule has 4 aliphatic heterocycles. The van der Waals surface area contributed by atoms with Gasteiger partial charge in [0.1, 0.15) is 10.6 Å². The first-order valence-corrected chi connectivity index (χ1v) is 10.7. The first kappa shape index (κ1) is 19.4. The fourth-order valence-electron chi connectivity index (χ4n) is 6.19. The van der Waals surface area contributed by atoms with Crippen LogP contribution in [0, 0.1) is 22.0 Å². The number of nitrogens with zero attached hydrogens (tertiary/aromatic N) is 3. The number of fused-ring (bicyclic) bond motifs is 7. The molecule has 6 rings (SSSR count). The molecule has 9 nitrogen and oxygen atoms in total.